The fourth-order valence-corrected chi connectivity index (χ4v) is 6.15. The summed E-state index contributed by atoms with van der Waals surface area (Å²) in [7, 11) is 3.38. The van der Waals surface area contributed by atoms with Crippen molar-refractivity contribution < 1.29 is 9.47 Å². The molecule has 2 aliphatic rings. The van der Waals surface area contributed by atoms with E-state index < -0.39 is 0 Å². The number of benzene rings is 3. The number of rotatable bonds is 8. The fraction of sp³-hybridized carbons (Fsp3) is 0.333. The Kier molecular flexibility index (Phi) is 7.55. The molecule has 0 N–H and O–H groups in total. The highest BCUT2D eigenvalue weighted by atomic mass is 16.5. The second-order valence-electron chi connectivity index (χ2n) is 10.5. The predicted octanol–water partition coefficient (Wildman–Crippen LogP) is 5.90. The SMILES string of the molecule is COc1ccc(C(=C2CCN(CCCN3Cc4nnc(C)n4-c4ccccc43)CC2)c2ccccc2)cc1OC. The van der Waals surface area contributed by atoms with Crippen LogP contribution in [0.25, 0.3) is 11.3 Å². The molecular formula is C33H37N5O2. The summed E-state index contributed by atoms with van der Waals surface area (Å²) in [6.45, 7) is 7.07. The van der Waals surface area contributed by atoms with Crippen LogP contribution in [0.3, 0.4) is 0 Å². The Hall–Kier alpha value is -4.10. The van der Waals surface area contributed by atoms with Gasteiger partial charge in [0.1, 0.15) is 5.82 Å². The van der Waals surface area contributed by atoms with Gasteiger partial charge < -0.3 is 19.3 Å². The molecule has 0 amide bonds. The normalized spacial score (nSPS) is 15.0. The number of hydrogen-bond acceptors (Lipinski definition) is 6. The van der Waals surface area contributed by atoms with Crippen molar-refractivity contribution in [1.29, 1.82) is 0 Å². The number of piperidine rings is 1. The Morgan fingerprint density at radius 2 is 1.50 bits per heavy atom. The second-order valence-corrected chi connectivity index (χ2v) is 10.5. The molecular weight excluding hydrogens is 498 g/mol. The van der Waals surface area contributed by atoms with Gasteiger partial charge >= 0.3 is 0 Å². The van der Waals surface area contributed by atoms with Crippen LogP contribution in [0, 0.1) is 6.92 Å². The summed E-state index contributed by atoms with van der Waals surface area (Å²) in [5.74, 6) is 3.49. The molecule has 0 radical (unpaired) electrons. The van der Waals surface area contributed by atoms with Gasteiger partial charge in [-0.05, 0) is 73.7 Å². The minimum Gasteiger partial charge on any atom is -0.493 e. The maximum absolute atomic E-state index is 5.64. The zero-order chi connectivity index (χ0) is 27.5. The summed E-state index contributed by atoms with van der Waals surface area (Å²) in [6.07, 6.45) is 3.24. The molecule has 1 saturated heterocycles. The lowest BCUT2D eigenvalue weighted by molar-refractivity contribution is 0.254. The summed E-state index contributed by atoms with van der Waals surface area (Å²) in [5.41, 5.74) is 7.72. The van der Waals surface area contributed by atoms with E-state index in [2.05, 4.69) is 91.3 Å². The zero-order valence-corrected chi connectivity index (χ0v) is 23.6. The van der Waals surface area contributed by atoms with Crippen molar-refractivity contribution in [1.82, 2.24) is 19.7 Å². The predicted molar refractivity (Wildman–Crippen MR) is 159 cm³/mol. The first-order valence-electron chi connectivity index (χ1n) is 14.1. The van der Waals surface area contributed by atoms with Gasteiger partial charge in [-0.25, -0.2) is 0 Å². The maximum atomic E-state index is 5.64. The molecule has 3 aromatic carbocycles. The van der Waals surface area contributed by atoms with E-state index in [1.165, 1.54) is 33.6 Å². The highest BCUT2D eigenvalue weighted by Crippen LogP contribution is 2.37. The van der Waals surface area contributed by atoms with E-state index in [-0.39, 0.29) is 0 Å². The highest BCUT2D eigenvalue weighted by molar-refractivity contribution is 5.83. The number of methoxy groups -OCH3 is 2. The van der Waals surface area contributed by atoms with E-state index in [4.69, 9.17) is 9.47 Å². The topological polar surface area (TPSA) is 55.7 Å². The standard InChI is InChI=1S/C33H37N5O2/c1-24-34-35-32-23-37(28-12-7-8-13-29(28)38(24)32)19-9-18-36-20-16-26(17-21-36)33(25-10-5-4-6-11-25)27-14-15-30(39-2)31(22-27)40-3/h4-8,10-15,22H,9,16-21,23H2,1-3H3. The number of fused-ring (bicyclic) bond motifs is 3. The molecule has 0 aliphatic carbocycles. The Morgan fingerprint density at radius 3 is 2.25 bits per heavy atom. The fourth-order valence-electron chi connectivity index (χ4n) is 6.15. The number of aromatic nitrogens is 3. The van der Waals surface area contributed by atoms with Crippen molar-refractivity contribution in [3.05, 3.63) is 101 Å². The molecule has 0 unspecified atom stereocenters. The van der Waals surface area contributed by atoms with Crippen molar-refractivity contribution >= 4 is 11.3 Å². The molecule has 40 heavy (non-hydrogen) atoms. The molecule has 3 heterocycles. The van der Waals surface area contributed by atoms with Crippen molar-refractivity contribution in [3.63, 3.8) is 0 Å². The summed E-state index contributed by atoms with van der Waals surface area (Å²) in [5, 5.41) is 8.77. The molecule has 7 heteroatoms. The van der Waals surface area contributed by atoms with Crippen molar-refractivity contribution in [2.75, 3.05) is 45.3 Å². The van der Waals surface area contributed by atoms with E-state index in [9.17, 15) is 0 Å². The first-order chi connectivity index (χ1) is 19.7. The monoisotopic (exact) mass is 535 g/mol. The summed E-state index contributed by atoms with van der Waals surface area (Å²) < 4.78 is 13.3. The second kappa shape index (κ2) is 11.6. The Morgan fingerprint density at radius 1 is 0.775 bits per heavy atom. The maximum Gasteiger partial charge on any atom is 0.161 e. The highest BCUT2D eigenvalue weighted by Gasteiger charge is 2.25. The zero-order valence-electron chi connectivity index (χ0n) is 23.6. The van der Waals surface area contributed by atoms with Crippen LogP contribution in [0.1, 0.15) is 42.0 Å². The van der Waals surface area contributed by atoms with E-state index in [0.717, 1.165) is 75.1 Å². The van der Waals surface area contributed by atoms with Crippen LogP contribution in [0.5, 0.6) is 11.5 Å². The third-order valence-electron chi connectivity index (χ3n) is 8.14. The minimum atomic E-state index is 0.755. The number of aryl methyl sites for hydroxylation is 1. The molecule has 4 aromatic rings. The third kappa shape index (κ3) is 5.09. The number of para-hydroxylation sites is 2. The van der Waals surface area contributed by atoms with Gasteiger partial charge in [0.15, 0.2) is 17.3 Å². The first kappa shape index (κ1) is 26.1. The van der Waals surface area contributed by atoms with E-state index >= 15 is 0 Å². The van der Waals surface area contributed by atoms with Gasteiger partial charge in [0.25, 0.3) is 0 Å². The summed E-state index contributed by atoms with van der Waals surface area (Å²) >= 11 is 0. The van der Waals surface area contributed by atoms with Crippen LogP contribution in [0.4, 0.5) is 5.69 Å². The van der Waals surface area contributed by atoms with Crippen molar-refractivity contribution in [2.24, 2.45) is 0 Å². The van der Waals surface area contributed by atoms with Crippen LogP contribution in [-0.4, -0.2) is 60.1 Å². The molecule has 6 rings (SSSR count). The van der Waals surface area contributed by atoms with E-state index in [1.807, 2.05) is 13.0 Å². The average molecular weight is 536 g/mol. The minimum absolute atomic E-state index is 0.755. The van der Waals surface area contributed by atoms with Crippen molar-refractivity contribution in [2.45, 2.75) is 32.7 Å². The largest absolute Gasteiger partial charge is 0.493 e. The van der Waals surface area contributed by atoms with Gasteiger partial charge in [0.2, 0.25) is 0 Å². The Labute approximate surface area is 236 Å². The lowest BCUT2D eigenvalue weighted by Gasteiger charge is -2.33. The number of nitrogens with zero attached hydrogens (tertiary/aromatic N) is 5. The van der Waals surface area contributed by atoms with Gasteiger partial charge in [-0.1, -0.05) is 54.1 Å². The van der Waals surface area contributed by atoms with Gasteiger partial charge in [0, 0.05) is 19.6 Å². The van der Waals surface area contributed by atoms with E-state index in [0.29, 0.717) is 0 Å². The van der Waals surface area contributed by atoms with Crippen LogP contribution < -0.4 is 14.4 Å². The molecule has 0 bridgehead atoms. The summed E-state index contributed by atoms with van der Waals surface area (Å²) in [4.78, 5) is 5.07. The number of anilines is 1. The van der Waals surface area contributed by atoms with Gasteiger partial charge in [0.05, 0.1) is 32.1 Å². The molecule has 2 aliphatic heterocycles. The van der Waals surface area contributed by atoms with Gasteiger partial charge in [-0.2, -0.15) is 0 Å². The summed E-state index contributed by atoms with van der Waals surface area (Å²) in [6, 6.07) is 25.6. The first-order valence-corrected chi connectivity index (χ1v) is 14.1. The van der Waals surface area contributed by atoms with Crippen LogP contribution in [0.2, 0.25) is 0 Å². The smallest absolute Gasteiger partial charge is 0.161 e. The van der Waals surface area contributed by atoms with Gasteiger partial charge in [-0.15, -0.1) is 10.2 Å². The Bertz CT molecular complexity index is 1500. The van der Waals surface area contributed by atoms with Crippen molar-refractivity contribution in [3.8, 4) is 17.2 Å². The molecule has 0 saturated carbocycles. The molecule has 0 atom stereocenters. The average Bonchev–Trinajstić information content (AvgIpc) is 3.38. The lowest BCUT2D eigenvalue weighted by atomic mass is 9.88. The number of hydrogen-bond donors (Lipinski definition) is 0. The quantitative estimate of drug-likeness (QED) is 0.280. The molecule has 206 valence electrons. The van der Waals surface area contributed by atoms with Crippen LogP contribution >= 0.6 is 0 Å². The van der Waals surface area contributed by atoms with E-state index in [1.54, 1.807) is 14.2 Å². The van der Waals surface area contributed by atoms with Crippen LogP contribution in [-0.2, 0) is 6.54 Å². The Balaban J connectivity index is 1.14. The number of ether oxygens (including phenoxy) is 2. The van der Waals surface area contributed by atoms with Crippen LogP contribution in [0.15, 0.2) is 78.4 Å². The molecule has 1 fully saturated rings. The third-order valence-corrected chi connectivity index (χ3v) is 8.14. The number of likely N-dealkylation sites (tertiary alicyclic amines) is 1. The molecule has 7 nitrogen and oxygen atoms in total. The molecule has 1 aromatic heterocycles. The lowest BCUT2D eigenvalue weighted by Crippen LogP contribution is -2.35. The van der Waals surface area contributed by atoms with Gasteiger partial charge in [-0.3, -0.25) is 4.57 Å². The molecule has 0 spiro atoms.